The zero-order valence-electron chi connectivity index (χ0n) is 19.7. The van der Waals surface area contributed by atoms with Gasteiger partial charge in [-0.1, -0.05) is 6.07 Å². The number of sulfone groups is 1. The summed E-state index contributed by atoms with van der Waals surface area (Å²) in [6, 6.07) is 9.33. The molecule has 11 heteroatoms. The van der Waals surface area contributed by atoms with Crippen molar-refractivity contribution in [1.82, 2.24) is 9.55 Å². The third-order valence-electron chi connectivity index (χ3n) is 5.46. The quantitative estimate of drug-likeness (QED) is 0.356. The minimum Gasteiger partial charge on any atom is -0.461 e. The van der Waals surface area contributed by atoms with Crippen LogP contribution in [0.4, 0.5) is 20.2 Å². The van der Waals surface area contributed by atoms with E-state index < -0.39 is 33.0 Å². The molecule has 0 aliphatic heterocycles. The number of hydrogen-bond donors (Lipinski definition) is 2. The van der Waals surface area contributed by atoms with Gasteiger partial charge in [-0.25, -0.2) is 22.0 Å². The first kappa shape index (κ1) is 25.1. The average molecular weight is 516 g/mol. The van der Waals surface area contributed by atoms with Crippen molar-refractivity contribution < 1.29 is 26.7 Å². The highest BCUT2D eigenvalue weighted by molar-refractivity contribution is 7.89. The van der Waals surface area contributed by atoms with Crippen molar-refractivity contribution in [1.29, 1.82) is 0 Å². The molecule has 0 bridgehead atoms. The molecule has 4 rings (SSSR count). The van der Waals surface area contributed by atoms with E-state index in [-0.39, 0.29) is 29.3 Å². The number of fused-ring (bicyclic) bond motifs is 1. The Hall–Kier alpha value is -3.99. The maximum absolute atomic E-state index is 14.4. The molecular formula is C25H23F2N3O5S. The van der Waals surface area contributed by atoms with E-state index in [1.807, 2.05) is 0 Å². The number of aryl methyl sites for hydroxylation is 1. The molecule has 0 radical (unpaired) electrons. The second-order valence-electron chi connectivity index (χ2n) is 8.35. The Labute approximate surface area is 205 Å². The standard InChI is InChI=1S/C25H23F2N3O5S/c1-4-35-25(32)22-11-17-18(12-30(2)24(31)23(17)29-22)16-9-14(13-36(3,33)34)5-7-20(16)28-21-8-6-15(26)10-19(21)27/h5-12,28-29H,4,13H2,1-3H3. The molecule has 0 saturated heterocycles. The molecule has 0 unspecified atom stereocenters. The van der Waals surface area contributed by atoms with Gasteiger partial charge in [0.15, 0.2) is 9.84 Å². The molecule has 2 N–H and O–H groups in total. The second-order valence-corrected chi connectivity index (χ2v) is 10.5. The van der Waals surface area contributed by atoms with E-state index in [1.165, 1.54) is 23.7 Å². The van der Waals surface area contributed by atoms with Crippen molar-refractivity contribution in [2.24, 2.45) is 7.05 Å². The highest BCUT2D eigenvalue weighted by Crippen LogP contribution is 2.36. The fourth-order valence-corrected chi connectivity index (χ4v) is 4.70. The molecular weight excluding hydrogens is 492 g/mol. The van der Waals surface area contributed by atoms with Gasteiger partial charge in [0.1, 0.15) is 22.8 Å². The number of hydrogen-bond acceptors (Lipinski definition) is 6. The number of anilines is 2. The molecule has 4 aromatic rings. The van der Waals surface area contributed by atoms with Gasteiger partial charge in [0, 0.05) is 47.8 Å². The van der Waals surface area contributed by atoms with E-state index in [9.17, 15) is 26.8 Å². The molecule has 0 fully saturated rings. The Balaban J connectivity index is 1.96. The van der Waals surface area contributed by atoms with E-state index in [4.69, 9.17) is 4.74 Å². The fraction of sp³-hybridized carbons (Fsp3) is 0.200. The number of nitrogens with zero attached hydrogens (tertiary/aromatic N) is 1. The molecule has 8 nitrogen and oxygen atoms in total. The first-order valence-electron chi connectivity index (χ1n) is 10.9. The van der Waals surface area contributed by atoms with Gasteiger partial charge in [0.2, 0.25) is 0 Å². The molecule has 2 aromatic carbocycles. The Morgan fingerprint density at radius 2 is 1.81 bits per heavy atom. The van der Waals surface area contributed by atoms with E-state index in [1.54, 1.807) is 31.3 Å². The number of rotatable bonds is 7. The number of carbonyl (C=O) groups excluding carboxylic acids is 1. The molecule has 0 amide bonds. The second kappa shape index (κ2) is 9.57. The minimum atomic E-state index is -3.37. The van der Waals surface area contributed by atoms with Crippen LogP contribution in [0.5, 0.6) is 0 Å². The van der Waals surface area contributed by atoms with Crippen molar-refractivity contribution >= 4 is 38.1 Å². The molecule has 36 heavy (non-hydrogen) atoms. The Morgan fingerprint density at radius 1 is 1.08 bits per heavy atom. The number of aromatic amines is 1. The summed E-state index contributed by atoms with van der Waals surface area (Å²) in [6.45, 7) is 1.80. The lowest BCUT2D eigenvalue weighted by Crippen LogP contribution is -2.17. The van der Waals surface area contributed by atoms with E-state index in [0.29, 0.717) is 27.8 Å². The van der Waals surface area contributed by atoms with Crippen LogP contribution in [0.3, 0.4) is 0 Å². The first-order valence-corrected chi connectivity index (χ1v) is 13.0. The fourth-order valence-electron chi connectivity index (χ4n) is 3.92. The SMILES string of the molecule is CCOC(=O)c1cc2c(-c3cc(CS(C)(=O)=O)ccc3Nc3ccc(F)cc3F)cn(C)c(=O)c2[nH]1. The van der Waals surface area contributed by atoms with Crippen LogP contribution in [0.1, 0.15) is 23.0 Å². The summed E-state index contributed by atoms with van der Waals surface area (Å²) in [6.07, 6.45) is 2.65. The molecule has 0 saturated carbocycles. The Morgan fingerprint density at radius 3 is 2.47 bits per heavy atom. The van der Waals surface area contributed by atoms with Crippen molar-refractivity contribution in [3.05, 3.63) is 81.9 Å². The normalized spacial score (nSPS) is 11.6. The maximum atomic E-state index is 14.4. The van der Waals surface area contributed by atoms with Gasteiger partial charge >= 0.3 is 5.97 Å². The summed E-state index contributed by atoms with van der Waals surface area (Å²) in [5.74, 6) is -2.45. The summed E-state index contributed by atoms with van der Waals surface area (Å²) < 4.78 is 58.1. The summed E-state index contributed by atoms with van der Waals surface area (Å²) in [5.41, 5.74) is 1.56. The van der Waals surface area contributed by atoms with E-state index in [2.05, 4.69) is 10.3 Å². The first-order chi connectivity index (χ1) is 17.0. The molecule has 2 aromatic heterocycles. The van der Waals surface area contributed by atoms with Crippen LogP contribution in [0.25, 0.3) is 22.0 Å². The summed E-state index contributed by atoms with van der Waals surface area (Å²) in [4.78, 5) is 28.0. The zero-order valence-corrected chi connectivity index (χ0v) is 20.5. The van der Waals surface area contributed by atoms with Crippen molar-refractivity contribution in [3.8, 4) is 11.1 Å². The minimum absolute atomic E-state index is 0.00384. The average Bonchev–Trinajstić information content (AvgIpc) is 3.24. The number of carbonyl (C=O) groups is 1. The molecule has 0 atom stereocenters. The lowest BCUT2D eigenvalue weighted by atomic mass is 9.99. The van der Waals surface area contributed by atoms with Gasteiger partial charge in [0.25, 0.3) is 5.56 Å². The number of esters is 1. The third-order valence-corrected chi connectivity index (χ3v) is 6.32. The van der Waals surface area contributed by atoms with Crippen LogP contribution < -0.4 is 10.9 Å². The molecule has 0 spiro atoms. The van der Waals surface area contributed by atoms with Gasteiger partial charge in [-0.15, -0.1) is 0 Å². The highest BCUT2D eigenvalue weighted by atomic mass is 32.2. The number of H-pyrrole nitrogens is 1. The summed E-state index contributed by atoms with van der Waals surface area (Å²) in [5, 5.41) is 3.31. The monoisotopic (exact) mass is 515 g/mol. The molecule has 0 aliphatic rings. The van der Waals surface area contributed by atoms with Gasteiger partial charge in [0.05, 0.1) is 18.0 Å². The smallest absolute Gasteiger partial charge is 0.354 e. The van der Waals surface area contributed by atoms with E-state index >= 15 is 0 Å². The van der Waals surface area contributed by atoms with Crippen LogP contribution in [-0.2, 0) is 27.4 Å². The van der Waals surface area contributed by atoms with Gasteiger partial charge in [-0.2, -0.15) is 0 Å². The van der Waals surface area contributed by atoms with Gasteiger partial charge in [-0.3, -0.25) is 4.79 Å². The highest BCUT2D eigenvalue weighted by Gasteiger charge is 2.20. The van der Waals surface area contributed by atoms with Crippen molar-refractivity contribution in [2.45, 2.75) is 12.7 Å². The number of aromatic nitrogens is 2. The summed E-state index contributed by atoms with van der Waals surface area (Å²) in [7, 11) is -1.84. The number of pyridine rings is 1. The number of halogens is 2. The maximum Gasteiger partial charge on any atom is 0.354 e. The predicted molar refractivity (Wildman–Crippen MR) is 133 cm³/mol. The Bertz CT molecular complexity index is 1660. The molecule has 188 valence electrons. The van der Waals surface area contributed by atoms with Crippen LogP contribution in [0, 0.1) is 11.6 Å². The van der Waals surface area contributed by atoms with Crippen molar-refractivity contribution in [2.75, 3.05) is 18.2 Å². The van der Waals surface area contributed by atoms with Crippen LogP contribution in [0.15, 0.2) is 53.5 Å². The third kappa shape index (κ3) is 5.15. The number of benzene rings is 2. The van der Waals surface area contributed by atoms with Gasteiger partial charge in [-0.05, 0) is 42.8 Å². The van der Waals surface area contributed by atoms with E-state index in [0.717, 1.165) is 18.4 Å². The van der Waals surface area contributed by atoms with Crippen molar-refractivity contribution in [3.63, 3.8) is 0 Å². The lowest BCUT2D eigenvalue weighted by molar-refractivity contribution is 0.0520. The van der Waals surface area contributed by atoms with Crippen LogP contribution in [0.2, 0.25) is 0 Å². The zero-order chi connectivity index (χ0) is 26.2. The molecule has 2 heterocycles. The lowest BCUT2D eigenvalue weighted by Gasteiger charge is -2.16. The van der Waals surface area contributed by atoms with Crippen LogP contribution in [-0.4, -0.2) is 36.8 Å². The number of ether oxygens (including phenoxy) is 1. The van der Waals surface area contributed by atoms with Crippen LogP contribution >= 0.6 is 0 Å². The number of nitrogens with one attached hydrogen (secondary N) is 2. The topological polar surface area (TPSA) is 110 Å². The largest absolute Gasteiger partial charge is 0.461 e. The van der Waals surface area contributed by atoms with Gasteiger partial charge < -0.3 is 19.6 Å². The predicted octanol–water partition coefficient (Wildman–Crippen LogP) is 4.28. The molecule has 0 aliphatic carbocycles. The summed E-state index contributed by atoms with van der Waals surface area (Å²) >= 11 is 0. The Kier molecular flexibility index (Phi) is 6.68.